The van der Waals surface area contributed by atoms with E-state index in [0.29, 0.717) is 0 Å². The number of thiol groups is 1. The van der Waals surface area contributed by atoms with Gasteiger partial charge in [-0.1, -0.05) is 0 Å². The SMILES string of the molecule is Nc1nc2c(ncn2[C@@H]2O[C@H](CO[P+](=O)S)[C@@H](F)[C@H]2OP(=O)(O)OC[C@H]2O[C@@H](n3cnc4c(N)ncnc43)[C@@H](F)[C@@H]2O)c(=O)[nH]1. The quantitative estimate of drug-likeness (QED) is 0.0945. The average molecular weight is 695 g/mol. The van der Waals surface area contributed by atoms with E-state index in [-0.39, 0.29) is 34.1 Å². The fourth-order valence-corrected chi connectivity index (χ4v) is 6.30. The number of imidazole rings is 2. The van der Waals surface area contributed by atoms with Crippen molar-refractivity contribution in [1.82, 2.24) is 39.0 Å². The molecule has 25 heteroatoms. The molecule has 2 aliphatic heterocycles. The molecule has 0 bridgehead atoms. The number of nitrogens with zero attached hydrogens (tertiary/aromatic N) is 7. The molecule has 0 aromatic carbocycles. The molecule has 2 aliphatic rings. The lowest BCUT2D eigenvalue weighted by Crippen LogP contribution is -2.33. The molecule has 4 aromatic rings. The van der Waals surface area contributed by atoms with Gasteiger partial charge in [-0.3, -0.25) is 28.0 Å². The second-order valence-electron chi connectivity index (χ2n) is 9.74. The van der Waals surface area contributed by atoms with E-state index in [1.165, 1.54) is 6.33 Å². The van der Waals surface area contributed by atoms with Gasteiger partial charge in [-0.25, -0.2) is 33.3 Å². The van der Waals surface area contributed by atoms with Crippen molar-refractivity contribution in [2.24, 2.45) is 0 Å². The van der Waals surface area contributed by atoms with Gasteiger partial charge in [0.2, 0.25) is 5.95 Å². The van der Waals surface area contributed by atoms with Gasteiger partial charge in [-0.05, 0) is 4.57 Å². The second-order valence-corrected chi connectivity index (χ2v) is 12.9. The number of halogens is 2. The van der Waals surface area contributed by atoms with E-state index in [9.17, 15) is 23.9 Å². The van der Waals surface area contributed by atoms with E-state index in [0.717, 1.165) is 21.8 Å². The van der Waals surface area contributed by atoms with Crippen molar-refractivity contribution in [3.63, 3.8) is 0 Å². The number of phosphoric ester groups is 1. The summed E-state index contributed by atoms with van der Waals surface area (Å²) in [5.41, 5.74) is 10.5. The Bertz CT molecular complexity index is 1870. The number of H-pyrrole nitrogens is 1. The highest BCUT2D eigenvalue weighted by atomic mass is 32.7. The first-order valence-electron chi connectivity index (χ1n) is 12.7. The lowest BCUT2D eigenvalue weighted by atomic mass is 10.1. The number of nitrogen functional groups attached to an aromatic ring is 2. The van der Waals surface area contributed by atoms with Crippen molar-refractivity contribution in [2.45, 2.75) is 49.2 Å². The third-order valence-electron chi connectivity index (χ3n) is 6.95. The van der Waals surface area contributed by atoms with E-state index >= 15 is 8.78 Å². The Morgan fingerprint density at radius 3 is 2.47 bits per heavy atom. The van der Waals surface area contributed by atoms with Gasteiger partial charge in [0.15, 0.2) is 47.4 Å². The number of aromatic amines is 1. The van der Waals surface area contributed by atoms with Gasteiger partial charge in [-0.2, -0.15) is 4.98 Å². The van der Waals surface area contributed by atoms with Crippen LogP contribution in [0.1, 0.15) is 12.5 Å². The molecule has 0 spiro atoms. The molecular weight excluding hydrogens is 672 g/mol. The number of aliphatic hydroxyl groups excluding tert-OH is 1. The van der Waals surface area contributed by atoms with Gasteiger partial charge in [0.05, 0.1) is 19.3 Å². The van der Waals surface area contributed by atoms with Crippen LogP contribution in [0.25, 0.3) is 22.3 Å². The molecule has 0 amide bonds. The first-order chi connectivity index (χ1) is 21.3. The number of hydrogen-bond acceptors (Lipinski definition) is 16. The van der Waals surface area contributed by atoms with E-state index in [1.54, 1.807) is 0 Å². The number of nitrogens with one attached hydrogen (secondary N) is 1. The van der Waals surface area contributed by atoms with Crippen LogP contribution in [0.2, 0.25) is 0 Å². The Labute approximate surface area is 254 Å². The number of aliphatic hydroxyl groups is 1. The van der Waals surface area contributed by atoms with Crippen LogP contribution in [0.15, 0.2) is 23.8 Å². The molecule has 6 heterocycles. The molecular formula is C20H23F2N10O10P2S+. The third kappa shape index (κ3) is 6.03. The molecule has 0 saturated carbocycles. The minimum absolute atomic E-state index is 0.0225. The topological polar surface area (TPSA) is 280 Å². The van der Waals surface area contributed by atoms with Gasteiger partial charge < -0.3 is 30.9 Å². The standard InChI is InChI=1S/C20H22F2N10O10P2S/c21-8-6(1-38-43(35)45)40-19(32-5-28-11-16(32)29-20(24)30-17(11)34)13(8)42-44(36,37)39-2-7-12(33)9(22)18(41-7)31-4-27-10-14(23)25-3-26-15(10)31/h3-9,12-13,18-19,33H,1-2H2,(H6-,23,24,25,26,29,30,34,35,36,37,45)/p+1/t6-,7-,8-,9+,12-,13-,18-,19-/m1/s1. The van der Waals surface area contributed by atoms with Crippen LogP contribution in [-0.4, -0.2) is 99.0 Å². The Kier molecular flexibility index (Phi) is 8.58. The maximum absolute atomic E-state index is 15.6. The predicted octanol–water partition coefficient (Wildman–Crippen LogP) is 0.0618. The zero-order chi connectivity index (χ0) is 32.2. The van der Waals surface area contributed by atoms with Crippen LogP contribution in [0.5, 0.6) is 0 Å². The molecule has 7 N–H and O–H groups in total. The molecule has 10 atom stereocenters. The lowest BCUT2D eigenvalue weighted by molar-refractivity contribution is -0.0587. The molecule has 2 saturated heterocycles. The Hall–Kier alpha value is -3.24. The largest absolute Gasteiger partial charge is 0.582 e. The summed E-state index contributed by atoms with van der Waals surface area (Å²) in [5.74, 6) is -0.293. The van der Waals surface area contributed by atoms with Crippen LogP contribution >= 0.6 is 27.3 Å². The molecule has 2 fully saturated rings. The first-order valence-corrected chi connectivity index (χ1v) is 16.5. The molecule has 4 aromatic heterocycles. The molecule has 45 heavy (non-hydrogen) atoms. The van der Waals surface area contributed by atoms with Crippen LogP contribution < -0.4 is 17.0 Å². The van der Waals surface area contributed by atoms with Gasteiger partial charge >= 0.3 is 15.1 Å². The van der Waals surface area contributed by atoms with Crippen LogP contribution in [-0.2, 0) is 32.2 Å². The number of rotatable bonds is 10. The summed E-state index contributed by atoms with van der Waals surface area (Å²) < 4.78 is 83.5. The number of ether oxygens (including phenoxy) is 2. The second kappa shape index (κ2) is 12.2. The van der Waals surface area contributed by atoms with Crippen LogP contribution in [0.4, 0.5) is 20.5 Å². The Balaban J connectivity index is 1.20. The summed E-state index contributed by atoms with van der Waals surface area (Å²) >= 11 is 3.60. The minimum Gasteiger partial charge on any atom is -0.387 e. The van der Waals surface area contributed by atoms with Crippen molar-refractivity contribution in [3.05, 3.63) is 29.3 Å². The number of aromatic nitrogens is 8. The van der Waals surface area contributed by atoms with E-state index in [1.807, 2.05) is 0 Å². The maximum atomic E-state index is 15.6. The highest BCUT2D eigenvalue weighted by Crippen LogP contribution is 2.51. The monoisotopic (exact) mass is 695 g/mol. The molecule has 6 rings (SSSR count). The molecule has 242 valence electrons. The molecule has 0 radical (unpaired) electrons. The maximum Gasteiger partial charge on any atom is 0.582 e. The third-order valence-corrected chi connectivity index (χ3v) is 8.65. The van der Waals surface area contributed by atoms with E-state index < -0.39 is 83.0 Å². The normalized spacial score (nSPS) is 30.3. The number of hydrogen-bond donors (Lipinski definition) is 6. The summed E-state index contributed by atoms with van der Waals surface area (Å²) in [6.45, 7) is -1.50. The molecule has 20 nitrogen and oxygen atoms in total. The zero-order valence-corrected chi connectivity index (χ0v) is 25.0. The first kappa shape index (κ1) is 31.7. The van der Waals surface area contributed by atoms with Gasteiger partial charge in [-0.15, -0.1) is 4.52 Å². The fourth-order valence-electron chi connectivity index (χ4n) is 4.91. The number of phosphoric acid groups is 1. The van der Waals surface area contributed by atoms with E-state index in [4.69, 9.17) is 34.5 Å². The van der Waals surface area contributed by atoms with Crippen molar-refractivity contribution in [3.8, 4) is 0 Å². The van der Waals surface area contributed by atoms with Crippen LogP contribution in [0.3, 0.4) is 0 Å². The Morgan fingerprint density at radius 1 is 1.04 bits per heavy atom. The summed E-state index contributed by atoms with van der Waals surface area (Å²) in [6, 6.07) is 0. The number of fused-ring (bicyclic) bond motifs is 2. The fraction of sp³-hybridized carbons (Fsp3) is 0.500. The summed E-state index contributed by atoms with van der Waals surface area (Å²) in [7, 11) is -7.71. The molecule has 2 unspecified atom stereocenters. The highest BCUT2D eigenvalue weighted by molar-refractivity contribution is 8.39. The predicted molar refractivity (Wildman–Crippen MR) is 149 cm³/mol. The number of alkyl halides is 2. The highest BCUT2D eigenvalue weighted by Gasteiger charge is 2.52. The van der Waals surface area contributed by atoms with Crippen molar-refractivity contribution in [1.29, 1.82) is 0 Å². The average Bonchev–Trinajstić information content (AvgIpc) is 3.73. The number of anilines is 2. The van der Waals surface area contributed by atoms with Gasteiger partial charge in [0.1, 0.15) is 55.1 Å². The van der Waals surface area contributed by atoms with Crippen molar-refractivity contribution >= 4 is 61.4 Å². The Morgan fingerprint density at radius 2 is 1.73 bits per heavy atom. The molecule has 0 aliphatic carbocycles. The smallest absolute Gasteiger partial charge is 0.387 e. The van der Waals surface area contributed by atoms with Crippen LogP contribution in [0, 0.1) is 0 Å². The van der Waals surface area contributed by atoms with Crippen molar-refractivity contribution in [2.75, 3.05) is 24.7 Å². The zero-order valence-electron chi connectivity index (χ0n) is 22.3. The van der Waals surface area contributed by atoms with Gasteiger partial charge in [0.25, 0.3) is 5.56 Å². The summed E-state index contributed by atoms with van der Waals surface area (Å²) in [6.07, 6.45) is -10.8. The summed E-state index contributed by atoms with van der Waals surface area (Å²) in [5, 5.41) is 10.5. The lowest BCUT2D eigenvalue weighted by Gasteiger charge is -2.24. The van der Waals surface area contributed by atoms with E-state index in [2.05, 4.69) is 42.2 Å². The van der Waals surface area contributed by atoms with Crippen molar-refractivity contribution < 1.29 is 51.0 Å². The van der Waals surface area contributed by atoms with Gasteiger partial charge in [0, 0.05) is 0 Å². The number of nitrogens with two attached hydrogens (primary N) is 2. The summed E-state index contributed by atoms with van der Waals surface area (Å²) in [4.78, 5) is 44.7. The minimum atomic E-state index is -5.24.